The molecule has 0 bridgehead atoms. The number of fused-ring (bicyclic) bond motifs is 1. The molecule has 2 aliphatic rings. The molecule has 0 aliphatic carbocycles. The molecule has 0 aromatic rings. The molecule has 0 spiro atoms. The van der Waals surface area contributed by atoms with Crippen molar-refractivity contribution in [2.45, 2.75) is 58.2 Å². The number of carbonyl (C=O) groups is 1. The molecule has 2 fully saturated rings. The van der Waals surface area contributed by atoms with Crippen LogP contribution in [0.2, 0.25) is 0 Å². The largest absolute Gasteiger partial charge is 0.460 e. The summed E-state index contributed by atoms with van der Waals surface area (Å²) in [6.45, 7) is 9.57. The third kappa shape index (κ3) is 3.41. The van der Waals surface area contributed by atoms with E-state index in [1.54, 1.807) is 25.9 Å². The van der Waals surface area contributed by atoms with E-state index in [1.165, 1.54) is 0 Å². The molecule has 0 saturated carbocycles. The number of nitrogens with zero attached hydrogens (tertiary/aromatic N) is 2. The molecule has 22 heavy (non-hydrogen) atoms. The highest BCUT2D eigenvalue weighted by molar-refractivity contribution is 5.76. The minimum absolute atomic E-state index is 0.269. The predicted octanol–water partition coefficient (Wildman–Crippen LogP) is 1.49. The molecule has 2 saturated heterocycles. The van der Waals surface area contributed by atoms with Crippen LogP contribution in [0.4, 0.5) is 8.78 Å². The summed E-state index contributed by atoms with van der Waals surface area (Å²) in [7, 11) is 1.66. The summed E-state index contributed by atoms with van der Waals surface area (Å²) in [6.07, 6.45) is 0. The van der Waals surface area contributed by atoms with Gasteiger partial charge in [0, 0.05) is 26.2 Å². The first-order valence-corrected chi connectivity index (χ1v) is 7.66. The third-order valence-corrected chi connectivity index (χ3v) is 4.20. The van der Waals surface area contributed by atoms with Crippen molar-refractivity contribution in [2.24, 2.45) is 5.41 Å². The van der Waals surface area contributed by atoms with E-state index in [-0.39, 0.29) is 18.6 Å². The molecule has 0 aromatic heterocycles. The second kappa shape index (κ2) is 5.39. The number of esters is 1. The zero-order chi connectivity index (χ0) is 16.9. The maximum atomic E-state index is 13.9. The number of carbonyl (C=O) groups excluding carboxylic acids is 1. The number of hydrazine groups is 1. The van der Waals surface area contributed by atoms with Crippen LogP contribution in [0, 0.1) is 5.41 Å². The first kappa shape index (κ1) is 17.6. The van der Waals surface area contributed by atoms with Gasteiger partial charge in [0.25, 0.3) is 5.92 Å². The fraction of sp³-hybridized carbons (Fsp3) is 0.933. The van der Waals surface area contributed by atoms with Crippen LogP contribution in [0.5, 0.6) is 0 Å². The van der Waals surface area contributed by atoms with Crippen molar-refractivity contribution in [3.8, 4) is 0 Å². The van der Waals surface area contributed by atoms with Gasteiger partial charge in [0.2, 0.25) is 0 Å². The molecule has 2 heterocycles. The minimum Gasteiger partial charge on any atom is -0.460 e. The molecule has 0 aromatic carbocycles. The van der Waals surface area contributed by atoms with Gasteiger partial charge < -0.3 is 10.1 Å². The average Bonchev–Trinajstić information content (AvgIpc) is 2.76. The highest BCUT2D eigenvalue weighted by atomic mass is 19.3. The van der Waals surface area contributed by atoms with Gasteiger partial charge in [0.1, 0.15) is 11.6 Å². The lowest BCUT2D eigenvalue weighted by molar-refractivity contribution is -0.170. The molecule has 128 valence electrons. The monoisotopic (exact) mass is 319 g/mol. The topological polar surface area (TPSA) is 44.8 Å². The molecular formula is C15H27F2N3O2. The summed E-state index contributed by atoms with van der Waals surface area (Å²) in [5.74, 6) is -3.06. The number of likely N-dealkylation sites (N-methyl/N-ethyl adjacent to an activating group) is 1. The van der Waals surface area contributed by atoms with Gasteiger partial charge in [-0.25, -0.2) is 18.8 Å². The summed E-state index contributed by atoms with van der Waals surface area (Å²) in [5, 5.41) is 6.27. The number of halogens is 2. The van der Waals surface area contributed by atoms with Gasteiger partial charge in [-0.1, -0.05) is 0 Å². The van der Waals surface area contributed by atoms with Crippen LogP contribution >= 0.6 is 0 Å². The van der Waals surface area contributed by atoms with Crippen molar-refractivity contribution in [1.82, 2.24) is 15.3 Å². The molecule has 2 aliphatic heterocycles. The van der Waals surface area contributed by atoms with Crippen LogP contribution in [0.15, 0.2) is 0 Å². The first-order valence-electron chi connectivity index (χ1n) is 7.66. The second-order valence-electron chi connectivity index (χ2n) is 8.00. The van der Waals surface area contributed by atoms with Crippen molar-refractivity contribution < 1.29 is 18.3 Å². The second-order valence-corrected chi connectivity index (χ2v) is 8.00. The number of nitrogens with one attached hydrogen (secondary N) is 1. The Morgan fingerprint density at radius 2 is 1.91 bits per heavy atom. The Bertz CT molecular complexity index is 449. The molecule has 2 atom stereocenters. The SMILES string of the molecule is CN1[C@@H]2[C@H](CN1CC(C)(C)C(=O)OC(C)(C)C)NCC2(F)F. The quantitative estimate of drug-likeness (QED) is 0.799. The molecule has 2 rings (SSSR count). The first-order chi connectivity index (χ1) is 9.83. The summed E-state index contributed by atoms with van der Waals surface area (Å²) >= 11 is 0. The van der Waals surface area contributed by atoms with Crippen molar-refractivity contribution in [2.75, 3.05) is 26.7 Å². The summed E-state index contributed by atoms with van der Waals surface area (Å²) < 4.78 is 33.3. The number of alkyl halides is 2. The van der Waals surface area contributed by atoms with Crippen LogP contribution in [0.25, 0.3) is 0 Å². The van der Waals surface area contributed by atoms with Gasteiger partial charge in [0.15, 0.2) is 0 Å². The number of hydrogen-bond acceptors (Lipinski definition) is 5. The lowest BCUT2D eigenvalue weighted by atomic mass is 9.93. The summed E-state index contributed by atoms with van der Waals surface area (Å²) in [5.41, 5.74) is -1.33. The molecule has 0 radical (unpaired) electrons. The maximum absolute atomic E-state index is 13.9. The molecule has 1 N–H and O–H groups in total. The van der Waals surface area contributed by atoms with E-state index in [0.717, 1.165) is 0 Å². The van der Waals surface area contributed by atoms with Gasteiger partial charge in [-0.3, -0.25) is 4.79 Å². The fourth-order valence-electron chi connectivity index (χ4n) is 3.12. The van der Waals surface area contributed by atoms with Crippen molar-refractivity contribution in [3.05, 3.63) is 0 Å². The van der Waals surface area contributed by atoms with Crippen LogP contribution < -0.4 is 5.32 Å². The Labute approximate surface area is 130 Å². The molecule has 0 amide bonds. The highest BCUT2D eigenvalue weighted by Gasteiger charge is 2.57. The van der Waals surface area contributed by atoms with Crippen LogP contribution in [-0.2, 0) is 9.53 Å². The minimum atomic E-state index is -2.75. The van der Waals surface area contributed by atoms with Crippen LogP contribution in [-0.4, -0.2) is 66.3 Å². The lowest BCUT2D eigenvalue weighted by Crippen LogP contribution is -2.51. The van der Waals surface area contributed by atoms with E-state index in [2.05, 4.69) is 5.32 Å². The van der Waals surface area contributed by atoms with E-state index in [1.807, 2.05) is 25.8 Å². The smallest absolute Gasteiger partial charge is 0.313 e. The Kier molecular flexibility index (Phi) is 4.30. The summed E-state index contributed by atoms with van der Waals surface area (Å²) in [6, 6.07) is -1.11. The van der Waals surface area contributed by atoms with Crippen molar-refractivity contribution >= 4 is 5.97 Å². The lowest BCUT2D eigenvalue weighted by Gasteiger charge is -2.36. The predicted molar refractivity (Wildman–Crippen MR) is 79.5 cm³/mol. The van der Waals surface area contributed by atoms with E-state index in [0.29, 0.717) is 13.1 Å². The Morgan fingerprint density at radius 1 is 1.32 bits per heavy atom. The molecule has 5 nitrogen and oxygen atoms in total. The van der Waals surface area contributed by atoms with E-state index in [4.69, 9.17) is 4.74 Å². The molecule has 7 heteroatoms. The van der Waals surface area contributed by atoms with Gasteiger partial charge in [-0.2, -0.15) is 0 Å². The molecule has 0 unspecified atom stereocenters. The highest BCUT2D eigenvalue weighted by Crippen LogP contribution is 2.36. The van der Waals surface area contributed by atoms with E-state index in [9.17, 15) is 13.6 Å². The van der Waals surface area contributed by atoms with Crippen LogP contribution in [0.1, 0.15) is 34.6 Å². The summed E-state index contributed by atoms with van der Waals surface area (Å²) in [4.78, 5) is 12.3. The number of ether oxygens (including phenoxy) is 1. The normalized spacial score (nSPS) is 29.6. The maximum Gasteiger partial charge on any atom is 0.313 e. The van der Waals surface area contributed by atoms with Gasteiger partial charge in [0.05, 0.1) is 12.0 Å². The van der Waals surface area contributed by atoms with Gasteiger partial charge in [-0.15, -0.1) is 0 Å². The number of hydrogen-bond donors (Lipinski definition) is 1. The van der Waals surface area contributed by atoms with Crippen molar-refractivity contribution in [1.29, 1.82) is 0 Å². The standard InChI is InChI=1S/C15H27F2N3O2/c1-13(2,3)22-12(21)14(4,5)9-20-7-10-11(19(20)6)15(16,17)8-18-10/h10-11,18H,7-9H2,1-6H3/t10-,11+/m0/s1. The number of rotatable bonds is 3. The van der Waals surface area contributed by atoms with E-state index >= 15 is 0 Å². The zero-order valence-electron chi connectivity index (χ0n) is 14.2. The van der Waals surface area contributed by atoms with Gasteiger partial charge in [-0.05, 0) is 34.6 Å². The molecular weight excluding hydrogens is 292 g/mol. The Morgan fingerprint density at radius 3 is 2.41 bits per heavy atom. The van der Waals surface area contributed by atoms with E-state index < -0.39 is 23.0 Å². The third-order valence-electron chi connectivity index (χ3n) is 4.20. The van der Waals surface area contributed by atoms with Crippen LogP contribution in [0.3, 0.4) is 0 Å². The fourth-order valence-corrected chi connectivity index (χ4v) is 3.12. The Balaban J connectivity index is 2.04. The van der Waals surface area contributed by atoms with Crippen molar-refractivity contribution in [3.63, 3.8) is 0 Å². The average molecular weight is 319 g/mol. The Hall–Kier alpha value is -0.790. The zero-order valence-corrected chi connectivity index (χ0v) is 14.2. The van der Waals surface area contributed by atoms with Gasteiger partial charge >= 0.3 is 5.97 Å².